The van der Waals surface area contributed by atoms with E-state index in [9.17, 15) is 19.5 Å². The molecule has 0 aromatic heterocycles. The van der Waals surface area contributed by atoms with Gasteiger partial charge in [0.2, 0.25) is 17.7 Å². The highest BCUT2D eigenvalue weighted by atomic mass is 35.5. The number of aliphatic hydroxyl groups is 1. The van der Waals surface area contributed by atoms with E-state index in [1.807, 2.05) is 20.8 Å². The van der Waals surface area contributed by atoms with Gasteiger partial charge in [0, 0.05) is 21.6 Å². The topological polar surface area (TPSA) is 108 Å². The predicted molar refractivity (Wildman–Crippen MR) is 153 cm³/mol. The van der Waals surface area contributed by atoms with Gasteiger partial charge in [-0.3, -0.25) is 14.4 Å². The van der Waals surface area contributed by atoms with Crippen LogP contribution in [0, 0.1) is 17.8 Å². The van der Waals surface area contributed by atoms with Crippen LogP contribution in [-0.2, 0) is 14.4 Å². The number of hydrogen-bond acceptors (Lipinski definition) is 6. The largest absolute Gasteiger partial charge is 0.494 e. The smallest absolute Gasteiger partial charge is 0.248 e. The van der Waals surface area contributed by atoms with Crippen molar-refractivity contribution in [1.82, 2.24) is 4.90 Å². The van der Waals surface area contributed by atoms with Crippen molar-refractivity contribution in [3.8, 4) is 5.75 Å². The van der Waals surface area contributed by atoms with Gasteiger partial charge in [-0.05, 0) is 74.2 Å². The molecule has 2 aromatic rings. The Morgan fingerprint density at radius 2 is 1.72 bits per heavy atom. The second-order valence-corrected chi connectivity index (χ2v) is 12.8. The summed E-state index contributed by atoms with van der Waals surface area (Å²) in [5, 5.41) is 16.8. The van der Waals surface area contributed by atoms with Crippen LogP contribution in [0.1, 0.15) is 33.6 Å². The quantitative estimate of drug-likeness (QED) is 0.411. The molecule has 2 aromatic carbocycles. The molecule has 8 nitrogen and oxygen atoms in total. The summed E-state index contributed by atoms with van der Waals surface area (Å²) in [7, 11) is 0. The van der Waals surface area contributed by atoms with Gasteiger partial charge in [-0.1, -0.05) is 25.4 Å². The van der Waals surface area contributed by atoms with E-state index in [4.69, 9.17) is 16.3 Å². The first-order chi connectivity index (χ1) is 18.7. The lowest BCUT2D eigenvalue weighted by Gasteiger charge is -2.38. The maximum atomic E-state index is 14.2. The number of thioether (sulfide) groups is 1. The number of anilines is 2. The zero-order valence-electron chi connectivity index (χ0n) is 22.2. The number of rotatable bonds is 9. The fraction of sp³-hybridized carbons (Fsp3) is 0.483. The van der Waals surface area contributed by atoms with Crippen LogP contribution >= 0.6 is 23.4 Å². The molecule has 1 spiro atoms. The minimum atomic E-state index is -0.816. The minimum absolute atomic E-state index is 0.0683. The van der Waals surface area contributed by atoms with Gasteiger partial charge >= 0.3 is 0 Å². The number of fused-ring (bicyclic) bond motifs is 1. The van der Waals surface area contributed by atoms with Crippen molar-refractivity contribution in [3.05, 3.63) is 53.6 Å². The molecule has 3 N–H and O–H groups in total. The number of nitrogens with zero attached hydrogens (tertiary/aromatic N) is 1. The molecular formula is C29H34ClN3O5S. The number of nitrogens with one attached hydrogen (secondary N) is 2. The predicted octanol–water partition coefficient (Wildman–Crippen LogP) is 4.42. The summed E-state index contributed by atoms with van der Waals surface area (Å²) in [4.78, 5) is 43.4. The zero-order chi connectivity index (χ0) is 27.9. The first kappa shape index (κ1) is 27.8. The van der Waals surface area contributed by atoms with Crippen LogP contribution in [0.3, 0.4) is 0 Å². The van der Waals surface area contributed by atoms with Gasteiger partial charge in [0.1, 0.15) is 11.8 Å². The molecule has 2 bridgehead atoms. The van der Waals surface area contributed by atoms with E-state index >= 15 is 0 Å². The molecule has 0 aliphatic carbocycles. The van der Waals surface area contributed by atoms with Crippen molar-refractivity contribution in [2.45, 2.75) is 55.7 Å². The molecule has 5 rings (SSSR count). The minimum Gasteiger partial charge on any atom is -0.494 e. The number of benzene rings is 2. The molecule has 3 fully saturated rings. The molecule has 208 valence electrons. The lowest BCUT2D eigenvalue weighted by Crippen LogP contribution is -2.56. The lowest BCUT2D eigenvalue weighted by molar-refractivity contribution is -0.142. The summed E-state index contributed by atoms with van der Waals surface area (Å²) in [6, 6.07) is 12.6. The van der Waals surface area contributed by atoms with Gasteiger partial charge in [-0.15, -0.1) is 11.8 Å². The summed E-state index contributed by atoms with van der Waals surface area (Å²) in [5.41, 5.74) is 1.20. The molecule has 3 aliphatic heterocycles. The molecule has 3 amide bonds. The maximum absolute atomic E-state index is 14.2. The van der Waals surface area contributed by atoms with Gasteiger partial charge in [-0.2, -0.15) is 0 Å². The average molecular weight is 572 g/mol. The molecular weight excluding hydrogens is 538 g/mol. The Hall–Kier alpha value is -2.75. The summed E-state index contributed by atoms with van der Waals surface area (Å²) < 4.78 is 4.74. The van der Waals surface area contributed by atoms with Gasteiger partial charge in [0.15, 0.2) is 0 Å². The summed E-state index contributed by atoms with van der Waals surface area (Å²) in [6.07, 6.45) is 1.39. The summed E-state index contributed by atoms with van der Waals surface area (Å²) in [5.74, 6) is -1.38. The normalized spacial score (nSPS) is 27.9. The van der Waals surface area contributed by atoms with Crippen molar-refractivity contribution in [2.75, 3.05) is 23.8 Å². The Morgan fingerprint density at radius 3 is 2.31 bits per heavy atom. The molecule has 0 radical (unpaired) electrons. The maximum Gasteiger partial charge on any atom is 0.248 e. The van der Waals surface area contributed by atoms with Gasteiger partial charge in [0.25, 0.3) is 0 Å². The van der Waals surface area contributed by atoms with Crippen LogP contribution in [0.4, 0.5) is 11.4 Å². The van der Waals surface area contributed by atoms with Crippen molar-refractivity contribution >= 4 is 52.5 Å². The summed E-state index contributed by atoms with van der Waals surface area (Å²) >= 11 is 7.62. The molecule has 2 unspecified atom stereocenters. The summed E-state index contributed by atoms with van der Waals surface area (Å²) in [6.45, 7) is 6.04. The monoisotopic (exact) mass is 571 g/mol. The second-order valence-electron chi connectivity index (χ2n) is 10.7. The fourth-order valence-corrected chi connectivity index (χ4v) is 8.77. The number of carbonyl (C=O) groups excluding carboxylic acids is 3. The fourth-order valence-electron chi connectivity index (χ4n) is 6.44. The van der Waals surface area contributed by atoms with Crippen LogP contribution < -0.4 is 15.4 Å². The SMILES string of the molecule is CCOc1ccc(NC(=O)[C@@H]2[C@@H]3CCC4(S3)C(C(=O)Nc3ccc(Cl)cc3)N([C@@H](CO)C(C)C)C(=O)[C@H]24)cc1. The number of halogens is 1. The third-order valence-corrected chi connectivity index (χ3v) is 10.4. The Balaban J connectivity index is 1.46. The van der Waals surface area contributed by atoms with E-state index in [-0.39, 0.29) is 35.5 Å². The lowest BCUT2D eigenvalue weighted by atomic mass is 9.70. The van der Waals surface area contributed by atoms with Gasteiger partial charge in [0.05, 0.1) is 35.8 Å². The molecule has 10 heteroatoms. The number of likely N-dealkylation sites (tertiary alicyclic amines) is 1. The Bertz CT molecular complexity index is 1240. The highest BCUT2D eigenvalue weighted by Gasteiger charge is 2.74. The molecule has 39 heavy (non-hydrogen) atoms. The zero-order valence-corrected chi connectivity index (χ0v) is 23.8. The third kappa shape index (κ3) is 4.89. The van der Waals surface area contributed by atoms with Crippen LogP contribution in [0.15, 0.2) is 48.5 Å². The molecule has 3 aliphatic rings. The van der Waals surface area contributed by atoms with E-state index in [2.05, 4.69) is 10.6 Å². The highest BCUT2D eigenvalue weighted by molar-refractivity contribution is 8.02. The first-order valence-corrected chi connectivity index (χ1v) is 14.7. The third-order valence-electron chi connectivity index (χ3n) is 8.15. The van der Waals surface area contributed by atoms with Crippen LogP contribution in [0.2, 0.25) is 5.02 Å². The van der Waals surface area contributed by atoms with E-state index in [1.54, 1.807) is 65.2 Å². The van der Waals surface area contributed by atoms with Crippen LogP contribution in [0.25, 0.3) is 0 Å². The van der Waals surface area contributed by atoms with Crippen LogP contribution in [-0.4, -0.2) is 63.0 Å². The van der Waals surface area contributed by atoms with Gasteiger partial charge in [-0.25, -0.2) is 0 Å². The number of carbonyl (C=O) groups is 3. The number of hydrogen-bond donors (Lipinski definition) is 3. The number of aliphatic hydroxyl groups excluding tert-OH is 1. The molecule has 6 atom stereocenters. The van der Waals surface area contributed by atoms with Crippen molar-refractivity contribution in [1.29, 1.82) is 0 Å². The van der Waals surface area contributed by atoms with E-state index in [0.29, 0.717) is 35.2 Å². The molecule has 3 heterocycles. The first-order valence-electron chi connectivity index (χ1n) is 13.4. The van der Waals surface area contributed by atoms with Gasteiger partial charge < -0.3 is 25.4 Å². The second kappa shape index (κ2) is 11.0. The number of amides is 3. The average Bonchev–Trinajstić information content (AvgIpc) is 3.55. The highest BCUT2D eigenvalue weighted by Crippen LogP contribution is 2.66. The standard InChI is InChI=1S/C29H34ClN3O5S/c1-4-38-20-11-9-19(10-12-20)31-26(35)23-22-13-14-29(39-22)24(23)28(37)33(21(15-34)16(2)3)25(29)27(36)32-18-7-5-17(30)6-8-18/h5-12,16,21-25,34H,4,13-15H2,1-3H3,(H,31,35)(H,32,36)/t21-,22-,23+,24-,25?,29?/m0/s1. The molecule has 3 saturated heterocycles. The number of ether oxygens (including phenoxy) is 1. The van der Waals surface area contributed by atoms with Crippen molar-refractivity contribution < 1.29 is 24.2 Å². The van der Waals surface area contributed by atoms with E-state index in [0.717, 1.165) is 6.42 Å². The van der Waals surface area contributed by atoms with Crippen molar-refractivity contribution in [3.63, 3.8) is 0 Å². The Kier molecular flexibility index (Phi) is 7.86. The van der Waals surface area contributed by atoms with E-state index < -0.39 is 28.7 Å². The van der Waals surface area contributed by atoms with E-state index in [1.165, 1.54) is 0 Å². The Labute approximate surface area is 237 Å². The van der Waals surface area contributed by atoms with Crippen LogP contribution in [0.5, 0.6) is 5.75 Å². The Morgan fingerprint density at radius 1 is 1.10 bits per heavy atom. The van der Waals surface area contributed by atoms with Crippen molar-refractivity contribution in [2.24, 2.45) is 17.8 Å². The molecule has 0 saturated carbocycles.